The molecule has 0 aliphatic heterocycles. The highest BCUT2D eigenvalue weighted by Crippen LogP contribution is 2.32. The monoisotopic (exact) mass is 222 g/mol. The first kappa shape index (κ1) is 10.4. The maximum Gasteiger partial charge on any atom is 0.172 e. The second-order valence-electron chi connectivity index (χ2n) is 3.14. The fourth-order valence-corrected chi connectivity index (χ4v) is 1.22. The van der Waals surface area contributed by atoms with Gasteiger partial charge in [0, 0.05) is 6.07 Å². The molecule has 0 fully saturated rings. The summed E-state index contributed by atoms with van der Waals surface area (Å²) < 4.78 is 31.1. The predicted molar refractivity (Wildman–Crippen MR) is 54.5 cm³/mol. The van der Waals surface area contributed by atoms with Crippen LogP contribution in [0.2, 0.25) is 0 Å². The Bertz CT molecular complexity index is 512. The summed E-state index contributed by atoms with van der Waals surface area (Å²) in [6, 6.07) is 8.91. The number of phenols is 1. The second kappa shape index (κ2) is 4.18. The summed E-state index contributed by atoms with van der Waals surface area (Å²) in [4.78, 5) is 0. The lowest BCUT2D eigenvalue weighted by Gasteiger charge is -2.07. The average molecular weight is 222 g/mol. The predicted octanol–water partition coefficient (Wildman–Crippen LogP) is 3.46. The highest BCUT2D eigenvalue weighted by Gasteiger charge is 2.08. The number of phenolic OH excluding ortho intramolecular Hbond substituents is 1. The van der Waals surface area contributed by atoms with Gasteiger partial charge in [-0.15, -0.1) is 0 Å². The Morgan fingerprint density at radius 2 is 1.69 bits per heavy atom. The number of halogens is 2. The van der Waals surface area contributed by atoms with Crippen LogP contribution < -0.4 is 4.74 Å². The molecule has 0 radical (unpaired) electrons. The van der Waals surface area contributed by atoms with Gasteiger partial charge in [-0.2, -0.15) is 0 Å². The molecule has 0 spiro atoms. The van der Waals surface area contributed by atoms with E-state index < -0.39 is 11.6 Å². The normalized spacial score (nSPS) is 10.1. The van der Waals surface area contributed by atoms with Crippen molar-refractivity contribution in [2.45, 2.75) is 0 Å². The molecule has 0 aromatic heterocycles. The SMILES string of the molecule is Oc1ccc(F)cc1Oc1ccccc1F. The van der Waals surface area contributed by atoms with Crippen molar-refractivity contribution in [1.29, 1.82) is 0 Å². The van der Waals surface area contributed by atoms with Gasteiger partial charge in [0.1, 0.15) is 5.82 Å². The lowest BCUT2D eigenvalue weighted by Crippen LogP contribution is -1.89. The molecule has 16 heavy (non-hydrogen) atoms. The Morgan fingerprint density at radius 1 is 0.938 bits per heavy atom. The van der Waals surface area contributed by atoms with Gasteiger partial charge in [-0.3, -0.25) is 0 Å². The van der Waals surface area contributed by atoms with Gasteiger partial charge in [-0.1, -0.05) is 12.1 Å². The van der Waals surface area contributed by atoms with Gasteiger partial charge in [0.15, 0.2) is 23.1 Å². The third-order valence-corrected chi connectivity index (χ3v) is 1.98. The number of aromatic hydroxyl groups is 1. The molecule has 0 amide bonds. The van der Waals surface area contributed by atoms with E-state index >= 15 is 0 Å². The molecule has 82 valence electrons. The van der Waals surface area contributed by atoms with Crippen molar-refractivity contribution in [3.8, 4) is 17.2 Å². The van der Waals surface area contributed by atoms with Gasteiger partial charge in [-0.05, 0) is 24.3 Å². The van der Waals surface area contributed by atoms with Crippen molar-refractivity contribution in [3.05, 3.63) is 54.1 Å². The fourth-order valence-electron chi connectivity index (χ4n) is 1.22. The van der Waals surface area contributed by atoms with E-state index in [4.69, 9.17) is 4.74 Å². The van der Waals surface area contributed by atoms with Crippen molar-refractivity contribution in [2.24, 2.45) is 0 Å². The van der Waals surface area contributed by atoms with E-state index in [0.29, 0.717) is 0 Å². The molecule has 4 heteroatoms. The maximum absolute atomic E-state index is 13.2. The minimum absolute atomic E-state index is 0.0663. The summed E-state index contributed by atoms with van der Waals surface area (Å²) in [5, 5.41) is 9.37. The van der Waals surface area contributed by atoms with E-state index in [-0.39, 0.29) is 17.2 Å². The summed E-state index contributed by atoms with van der Waals surface area (Å²) in [6.07, 6.45) is 0. The van der Waals surface area contributed by atoms with Crippen molar-refractivity contribution >= 4 is 0 Å². The molecule has 0 atom stereocenters. The van der Waals surface area contributed by atoms with Crippen LogP contribution in [0.25, 0.3) is 0 Å². The third-order valence-electron chi connectivity index (χ3n) is 1.98. The van der Waals surface area contributed by atoms with Crippen molar-refractivity contribution < 1.29 is 18.6 Å². The molecule has 1 N–H and O–H groups in total. The Morgan fingerprint density at radius 3 is 2.44 bits per heavy atom. The van der Waals surface area contributed by atoms with E-state index in [1.54, 1.807) is 6.07 Å². The lowest BCUT2D eigenvalue weighted by atomic mass is 10.3. The summed E-state index contributed by atoms with van der Waals surface area (Å²) in [5.74, 6) is -1.58. The van der Waals surface area contributed by atoms with E-state index in [2.05, 4.69) is 0 Å². The van der Waals surface area contributed by atoms with Crippen molar-refractivity contribution in [1.82, 2.24) is 0 Å². The van der Waals surface area contributed by atoms with Crippen molar-refractivity contribution in [3.63, 3.8) is 0 Å². The zero-order chi connectivity index (χ0) is 11.5. The van der Waals surface area contributed by atoms with Crippen LogP contribution in [-0.2, 0) is 0 Å². The summed E-state index contributed by atoms with van der Waals surface area (Å²) in [7, 11) is 0. The van der Waals surface area contributed by atoms with Crippen LogP contribution in [0.4, 0.5) is 8.78 Å². The molecule has 2 aromatic rings. The molecular weight excluding hydrogens is 214 g/mol. The Kier molecular flexibility index (Phi) is 2.72. The number of hydrogen-bond donors (Lipinski definition) is 1. The third kappa shape index (κ3) is 2.11. The molecule has 0 bridgehead atoms. The highest BCUT2D eigenvalue weighted by molar-refractivity contribution is 5.42. The maximum atomic E-state index is 13.2. The van der Waals surface area contributed by atoms with E-state index in [1.807, 2.05) is 0 Å². The molecule has 0 unspecified atom stereocenters. The number of ether oxygens (including phenoxy) is 1. The van der Waals surface area contributed by atoms with Gasteiger partial charge in [-0.25, -0.2) is 8.78 Å². The van der Waals surface area contributed by atoms with Gasteiger partial charge in [0.2, 0.25) is 0 Å². The first-order valence-corrected chi connectivity index (χ1v) is 4.58. The first-order chi connectivity index (χ1) is 7.66. The standard InChI is InChI=1S/C12H8F2O2/c13-8-5-6-10(15)12(7-8)16-11-4-2-1-3-9(11)14/h1-7,15H. The van der Waals surface area contributed by atoms with E-state index in [1.165, 1.54) is 18.2 Å². The molecule has 0 saturated carbocycles. The lowest BCUT2D eigenvalue weighted by molar-refractivity contribution is 0.392. The van der Waals surface area contributed by atoms with Crippen LogP contribution in [0.3, 0.4) is 0 Å². The topological polar surface area (TPSA) is 29.5 Å². The summed E-state index contributed by atoms with van der Waals surface area (Å²) >= 11 is 0. The smallest absolute Gasteiger partial charge is 0.172 e. The van der Waals surface area contributed by atoms with E-state index in [9.17, 15) is 13.9 Å². The highest BCUT2D eigenvalue weighted by atomic mass is 19.1. The second-order valence-corrected chi connectivity index (χ2v) is 3.14. The van der Waals surface area contributed by atoms with Crippen LogP contribution >= 0.6 is 0 Å². The molecule has 0 aliphatic rings. The molecule has 0 saturated heterocycles. The van der Waals surface area contributed by atoms with Crippen LogP contribution in [-0.4, -0.2) is 5.11 Å². The van der Waals surface area contributed by atoms with Crippen LogP contribution in [0.1, 0.15) is 0 Å². The molecule has 2 aromatic carbocycles. The largest absolute Gasteiger partial charge is 0.504 e. The van der Waals surface area contributed by atoms with Crippen LogP contribution in [0, 0.1) is 11.6 Å². The van der Waals surface area contributed by atoms with Gasteiger partial charge >= 0.3 is 0 Å². The fraction of sp³-hybridized carbons (Fsp3) is 0. The minimum Gasteiger partial charge on any atom is -0.504 e. The number of hydrogen-bond acceptors (Lipinski definition) is 2. The zero-order valence-electron chi connectivity index (χ0n) is 8.15. The number of para-hydroxylation sites is 1. The van der Waals surface area contributed by atoms with Crippen molar-refractivity contribution in [2.75, 3.05) is 0 Å². The van der Waals surface area contributed by atoms with Gasteiger partial charge in [0.25, 0.3) is 0 Å². The average Bonchev–Trinajstić information content (AvgIpc) is 2.27. The molecule has 2 rings (SSSR count). The molecule has 0 heterocycles. The summed E-state index contributed by atoms with van der Waals surface area (Å²) in [5.41, 5.74) is 0. The first-order valence-electron chi connectivity index (χ1n) is 4.58. The Labute approximate surface area is 90.7 Å². The molecule has 2 nitrogen and oxygen atoms in total. The van der Waals surface area contributed by atoms with Gasteiger partial charge < -0.3 is 9.84 Å². The number of benzene rings is 2. The Hall–Kier alpha value is -2.10. The molecule has 0 aliphatic carbocycles. The summed E-state index contributed by atoms with van der Waals surface area (Å²) in [6.45, 7) is 0. The van der Waals surface area contributed by atoms with Gasteiger partial charge in [0.05, 0.1) is 0 Å². The zero-order valence-corrected chi connectivity index (χ0v) is 8.15. The quantitative estimate of drug-likeness (QED) is 0.843. The van der Waals surface area contributed by atoms with Crippen LogP contribution in [0.15, 0.2) is 42.5 Å². The van der Waals surface area contributed by atoms with E-state index in [0.717, 1.165) is 18.2 Å². The van der Waals surface area contributed by atoms with Crippen LogP contribution in [0.5, 0.6) is 17.2 Å². The number of rotatable bonds is 2. The Balaban J connectivity index is 2.34. The molecular formula is C12H8F2O2. The minimum atomic E-state index is -0.578.